The van der Waals surface area contributed by atoms with Gasteiger partial charge in [0.2, 0.25) is 5.91 Å². The predicted molar refractivity (Wildman–Crippen MR) is 36.0 cm³/mol. The summed E-state index contributed by atoms with van der Waals surface area (Å²) in [6.07, 6.45) is 3.00. The van der Waals surface area contributed by atoms with Crippen LogP contribution in [0.2, 0.25) is 0 Å². The molecule has 0 saturated heterocycles. The Kier molecular flexibility index (Phi) is 1.56. The molecule has 0 atom stereocenters. The minimum absolute atomic E-state index is 0.168. The minimum Gasteiger partial charge on any atom is -0.342 e. The Hall–Kier alpha value is -0.790. The summed E-state index contributed by atoms with van der Waals surface area (Å²) in [6.45, 7) is 2.73. The van der Waals surface area contributed by atoms with E-state index in [4.69, 9.17) is 0 Å². The first-order valence-corrected chi connectivity index (χ1v) is 3.14. The maximum absolute atomic E-state index is 11.0. The van der Waals surface area contributed by atoms with Gasteiger partial charge in [-0.2, -0.15) is 0 Å². The summed E-state index contributed by atoms with van der Waals surface area (Å²) in [5.74, 6) is 0.168. The lowest BCUT2D eigenvalue weighted by atomic mass is 10.1. The normalized spacial score (nSPS) is 20.0. The second kappa shape index (κ2) is 2.21. The van der Waals surface area contributed by atoms with E-state index in [0.717, 1.165) is 18.5 Å². The zero-order valence-electron chi connectivity index (χ0n) is 5.85. The van der Waals surface area contributed by atoms with Crippen molar-refractivity contribution in [3.63, 3.8) is 0 Å². The number of carbonyl (C=O) groups is 1. The molecule has 9 heavy (non-hydrogen) atoms. The average molecular weight is 125 g/mol. The number of rotatable bonds is 0. The van der Waals surface area contributed by atoms with Gasteiger partial charge in [-0.1, -0.05) is 6.08 Å². The van der Waals surface area contributed by atoms with E-state index < -0.39 is 0 Å². The van der Waals surface area contributed by atoms with Crippen molar-refractivity contribution in [3.8, 4) is 0 Å². The third-order valence-electron chi connectivity index (χ3n) is 1.60. The van der Waals surface area contributed by atoms with Gasteiger partial charge in [0.1, 0.15) is 0 Å². The molecular weight excluding hydrogens is 114 g/mol. The van der Waals surface area contributed by atoms with Crippen molar-refractivity contribution in [2.24, 2.45) is 0 Å². The molecule has 1 amide bonds. The van der Waals surface area contributed by atoms with Crippen molar-refractivity contribution in [2.75, 3.05) is 13.6 Å². The lowest BCUT2D eigenvalue weighted by Gasteiger charge is -2.20. The molecule has 0 aliphatic carbocycles. The molecule has 0 aromatic heterocycles. The monoisotopic (exact) mass is 125 g/mol. The Bertz CT molecular complexity index is 160. The first-order chi connectivity index (χ1) is 4.22. The van der Waals surface area contributed by atoms with Crippen LogP contribution in [-0.2, 0) is 4.79 Å². The summed E-state index contributed by atoms with van der Waals surface area (Å²) in [7, 11) is 1.83. The minimum atomic E-state index is 0.168. The molecule has 1 heterocycles. The first-order valence-electron chi connectivity index (χ1n) is 3.14. The van der Waals surface area contributed by atoms with Gasteiger partial charge in [0.15, 0.2) is 0 Å². The molecule has 0 aromatic rings. The summed E-state index contributed by atoms with van der Waals surface area (Å²) >= 11 is 0. The molecular formula is C7H11NO. The van der Waals surface area contributed by atoms with Crippen LogP contribution in [0.4, 0.5) is 0 Å². The highest BCUT2D eigenvalue weighted by atomic mass is 16.2. The van der Waals surface area contributed by atoms with Gasteiger partial charge < -0.3 is 4.90 Å². The second-order valence-electron chi connectivity index (χ2n) is 2.40. The van der Waals surface area contributed by atoms with E-state index >= 15 is 0 Å². The van der Waals surface area contributed by atoms with Crippen molar-refractivity contribution >= 4 is 5.91 Å². The van der Waals surface area contributed by atoms with Gasteiger partial charge in [-0.25, -0.2) is 0 Å². The van der Waals surface area contributed by atoms with Crippen molar-refractivity contribution in [1.82, 2.24) is 4.90 Å². The maximum atomic E-state index is 11.0. The zero-order valence-corrected chi connectivity index (χ0v) is 5.85. The van der Waals surface area contributed by atoms with Crippen LogP contribution in [0.1, 0.15) is 13.3 Å². The fourth-order valence-corrected chi connectivity index (χ4v) is 0.965. The van der Waals surface area contributed by atoms with Gasteiger partial charge in [-0.15, -0.1) is 0 Å². The Labute approximate surface area is 55.2 Å². The molecule has 0 saturated carbocycles. The van der Waals surface area contributed by atoms with Gasteiger partial charge in [0.25, 0.3) is 0 Å². The molecule has 0 spiro atoms. The number of carbonyl (C=O) groups excluding carboxylic acids is 1. The van der Waals surface area contributed by atoms with Crippen LogP contribution in [-0.4, -0.2) is 24.4 Å². The van der Waals surface area contributed by atoms with Gasteiger partial charge in [-0.3, -0.25) is 4.79 Å². The van der Waals surface area contributed by atoms with Crippen LogP contribution in [0.3, 0.4) is 0 Å². The van der Waals surface area contributed by atoms with Crippen molar-refractivity contribution in [3.05, 3.63) is 11.6 Å². The largest absolute Gasteiger partial charge is 0.342 e. The lowest BCUT2D eigenvalue weighted by Crippen LogP contribution is -2.30. The van der Waals surface area contributed by atoms with Gasteiger partial charge in [0.05, 0.1) is 0 Å². The van der Waals surface area contributed by atoms with E-state index in [9.17, 15) is 4.79 Å². The highest BCUT2D eigenvalue weighted by Gasteiger charge is 2.13. The number of likely N-dealkylation sites (N-methyl/N-ethyl adjacent to an activating group) is 1. The summed E-state index contributed by atoms with van der Waals surface area (Å²) in [5, 5.41) is 0. The van der Waals surface area contributed by atoms with E-state index in [1.165, 1.54) is 0 Å². The van der Waals surface area contributed by atoms with Crippen LogP contribution in [0.5, 0.6) is 0 Å². The molecule has 0 radical (unpaired) electrons. The van der Waals surface area contributed by atoms with E-state index in [-0.39, 0.29) is 5.91 Å². The summed E-state index contributed by atoms with van der Waals surface area (Å²) in [6, 6.07) is 0. The predicted octanol–water partition coefficient (Wildman–Crippen LogP) is 0.795. The third-order valence-corrected chi connectivity index (χ3v) is 1.60. The van der Waals surface area contributed by atoms with Crippen molar-refractivity contribution in [2.45, 2.75) is 13.3 Å². The van der Waals surface area contributed by atoms with Crippen molar-refractivity contribution < 1.29 is 4.79 Å². The Balaban J connectivity index is 2.74. The average Bonchev–Trinajstić information content (AvgIpc) is 1.83. The van der Waals surface area contributed by atoms with Gasteiger partial charge in [-0.05, 0) is 13.3 Å². The Morgan fingerprint density at radius 3 is 2.78 bits per heavy atom. The van der Waals surface area contributed by atoms with Gasteiger partial charge in [0, 0.05) is 19.2 Å². The molecule has 0 unspecified atom stereocenters. The molecule has 1 aliphatic rings. The summed E-state index contributed by atoms with van der Waals surface area (Å²) in [5.41, 5.74) is 0.878. The van der Waals surface area contributed by atoms with Crippen LogP contribution < -0.4 is 0 Å². The van der Waals surface area contributed by atoms with E-state index in [2.05, 4.69) is 0 Å². The smallest absolute Gasteiger partial charge is 0.248 e. The SMILES string of the molecule is CC1=CCCN(C)C1=O. The fraction of sp³-hybridized carbons (Fsp3) is 0.571. The number of hydrogen-bond acceptors (Lipinski definition) is 1. The van der Waals surface area contributed by atoms with Crippen LogP contribution in [0.15, 0.2) is 11.6 Å². The standard InChI is InChI=1S/C7H11NO/c1-6-4-3-5-8(2)7(6)9/h4H,3,5H2,1-2H3. The topological polar surface area (TPSA) is 20.3 Å². The molecule has 2 heteroatoms. The molecule has 0 fully saturated rings. The maximum Gasteiger partial charge on any atom is 0.248 e. The number of amides is 1. The van der Waals surface area contributed by atoms with Gasteiger partial charge >= 0.3 is 0 Å². The van der Waals surface area contributed by atoms with E-state index in [1.54, 1.807) is 4.90 Å². The van der Waals surface area contributed by atoms with Crippen LogP contribution in [0.25, 0.3) is 0 Å². The molecule has 1 rings (SSSR count). The molecule has 0 aromatic carbocycles. The first kappa shape index (κ1) is 6.33. The number of hydrogen-bond donors (Lipinski definition) is 0. The summed E-state index contributed by atoms with van der Waals surface area (Å²) < 4.78 is 0. The molecule has 50 valence electrons. The lowest BCUT2D eigenvalue weighted by molar-refractivity contribution is -0.126. The van der Waals surface area contributed by atoms with E-state index in [1.807, 2.05) is 20.0 Å². The quantitative estimate of drug-likeness (QED) is 0.469. The molecule has 0 N–H and O–H groups in total. The third kappa shape index (κ3) is 1.12. The van der Waals surface area contributed by atoms with E-state index in [0.29, 0.717) is 0 Å². The van der Waals surface area contributed by atoms with Crippen LogP contribution in [0, 0.1) is 0 Å². The molecule has 2 nitrogen and oxygen atoms in total. The summed E-state index contributed by atoms with van der Waals surface area (Å²) in [4.78, 5) is 12.7. The van der Waals surface area contributed by atoms with Crippen LogP contribution >= 0.6 is 0 Å². The zero-order chi connectivity index (χ0) is 6.85. The second-order valence-corrected chi connectivity index (χ2v) is 2.40. The van der Waals surface area contributed by atoms with Crippen molar-refractivity contribution in [1.29, 1.82) is 0 Å². The Morgan fingerprint density at radius 1 is 1.67 bits per heavy atom. The number of nitrogens with zero attached hydrogens (tertiary/aromatic N) is 1. The highest BCUT2D eigenvalue weighted by Crippen LogP contribution is 2.07. The molecule has 0 bridgehead atoms. The highest BCUT2D eigenvalue weighted by molar-refractivity contribution is 5.93. The molecule has 1 aliphatic heterocycles. The Morgan fingerprint density at radius 2 is 2.33 bits per heavy atom. The fourth-order valence-electron chi connectivity index (χ4n) is 0.965.